The highest BCUT2D eigenvalue weighted by molar-refractivity contribution is 7.17. The van der Waals surface area contributed by atoms with Gasteiger partial charge in [0.05, 0.1) is 5.69 Å². The predicted octanol–water partition coefficient (Wildman–Crippen LogP) is 3.93. The topological polar surface area (TPSA) is 45.2 Å². The summed E-state index contributed by atoms with van der Waals surface area (Å²) < 4.78 is 0. The number of fused-ring (bicyclic) bond motifs is 2. The molecule has 0 radical (unpaired) electrons. The van der Waals surface area contributed by atoms with Gasteiger partial charge in [0.1, 0.15) is 9.88 Å². The second-order valence-electron chi connectivity index (χ2n) is 6.39. The maximum atomic E-state index is 13.1. The molecule has 0 aliphatic carbocycles. The van der Waals surface area contributed by atoms with E-state index in [1.54, 1.807) is 0 Å². The molecule has 4 rings (SSSR count). The maximum absolute atomic E-state index is 13.1. The average molecular weight is 400 g/mol. The molecule has 4 nitrogen and oxygen atoms in total. The van der Waals surface area contributed by atoms with Crippen LogP contribution >= 0.6 is 36.2 Å². The summed E-state index contributed by atoms with van der Waals surface area (Å²) in [7, 11) is 0. The zero-order valence-corrected chi connectivity index (χ0v) is 16.6. The number of nitrogens with zero attached hydrogens (tertiary/aromatic N) is 2. The third kappa shape index (κ3) is 3.85. The van der Waals surface area contributed by atoms with E-state index in [1.165, 1.54) is 11.3 Å². The Morgan fingerprint density at radius 1 is 1.16 bits per heavy atom. The van der Waals surface area contributed by atoms with Crippen molar-refractivity contribution in [2.45, 2.75) is 38.3 Å². The van der Waals surface area contributed by atoms with Gasteiger partial charge in [0.25, 0.3) is 5.91 Å². The van der Waals surface area contributed by atoms with Crippen LogP contribution in [-0.4, -0.2) is 41.0 Å². The lowest BCUT2D eigenvalue weighted by Crippen LogP contribution is -2.42. The van der Waals surface area contributed by atoms with Crippen LogP contribution in [-0.2, 0) is 0 Å². The molecule has 1 aromatic heterocycles. The summed E-state index contributed by atoms with van der Waals surface area (Å²) >= 11 is 1.53. The summed E-state index contributed by atoms with van der Waals surface area (Å²) in [6.45, 7) is 3.89. The fourth-order valence-electron chi connectivity index (χ4n) is 3.73. The van der Waals surface area contributed by atoms with Crippen molar-refractivity contribution < 1.29 is 4.79 Å². The van der Waals surface area contributed by atoms with Crippen molar-refractivity contribution in [3.8, 4) is 10.6 Å². The number of carbonyl (C=O) groups is 1. The van der Waals surface area contributed by atoms with E-state index in [0.717, 1.165) is 53.5 Å². The van der Waals surface area contributed by atoms with Crippen LogP contribution in [0.15, 0.2) is 30.3 Å². The van der Waals surface area contributed by atoms with Crippen LogP contribution in [0.3, 0.4) is 0 Å². The van der Waals surface area contributed by atoms with Crippen molar-refractivity contribution in [1.82, 2.24) is 15.2 Å². The first-order valence-electron chi connectivity index (χ1n) is 8.30. The molecule has 2 bridgehead atoms. The van der Waals surface area contributed by atoms with Crippen molar-refractivity contribution >= 4 is 42.1 Å². The molecule has 2 saturated heterocycles. The molecule has 1 N–H and O–H groups in total. The lowest BCUT2D eigenvalue weighted by Gasteiger charge is -2.27. The highest BCUT2D eigenvalue weighted by atomic mass is 35.5. The molecule has 3 heterocycles. The third-order valence-electron chi connectivity index (χ3n) is 4.90. The van der Waals surface area contributed by atoms with Crippen LogP contribution in [0.25, 0.3) is 10.6 Å². The Bertz CT molecular complexity index is 708. The largest absolute Gasteiger partial charge is 0.331 e. The van der Waals surface area contributed by atoms with Gasteiger partial charge >= 0.3 is 0 Å². The highest BCUT2D eigenvalue weighted by Gasteiger charge is 2.39. The molecule has 2 aromatic rings. The van der Waals surface area contributed by atoms with Crippen LogP contribution in [0.5, 0.6) is 0 Å². The second-order valence-corrected chi connectivity index (χ2v) is 7.39. The molecule has 0 saturated carbocycles. The Kier molecular flexibility index (Phi) is 6.86. The van der Waals surface area contributed by atoms with E-state index in [9.17, 15) is 4.79 Å². The molecule has 25 heavy (non-hydrogen) atoms. The van der Waals surface area contributed by atoms with Gasteiger partial charge in [0, 0.05) is 24.2 Å². The van der Waals surface area contributed by atoms with E-state index in [2.05, 4.69) is 15.2 Å². The minimum atomic E-state index is 0. The monoisotopic (exact) mass is 399 g/mol. The second kappa shape index (κ2) is 8.49. The average Bonchev–Trinajstić information content (AvgIpc) is 3.06. The quantitative estimate of drug-likeness (QED) is 0.831. The standard InChI is InChI=1S/C18H21N3OS.2ClH/c1-12-16(23-17(20-12)13-5-3-2-4-6-13)18(22)21-14-7-8-15(21)11-19-10-9-14;;/h2-6,14-15,19H,7-11H2,1H3;2*1H. The van der Waals surface area contributed by atoms with Gasteiger partial charge in [-0.05, 0) is 32.7 Å². The van der Waals surface area contributed by atoms with E-state index < -0.39 is 0 Å². The number of nitrogens with one attached hydrogen (secondary N) is 1. The molecule has 1 amide bonds. The van der Waals surface area contributed by atoms with Crippen LogP contribution in [0.1, 0.15) is 34.6 Å². The molecule has 2 fully saturated rings. The van der Waals surface area contributed by atoms with Gasteiger partial charge in [-0.3, -0.25) is 4.79 Å². The van der Waals surface area contributed by atoms with E-state index in [0.29, 0.717) is 12.1 Å². The molecule has 7 heteroatoms. The van der Waals surface area contributed by atoms with Crippen LogP contribution in [0, 0.1) is 6.92 Å². The van der Waals surface area contributed by atoms with E-state index in [-0.39, 0.29) is 30.7 Å². The number of aryl methyl sites for hydroxylation is 1. The predicted molar refractivity (Wildman–Crippen MR) is 107 cm³/mol. The first-order valence-corrected chi connectivity index (χ1v) is 9.12. The van der Waals surface area contributed by atoms with Gasteiger partial charge < -0.3 is 10.2 Å². The molecule has 2 atom stereocenters. The summed E-state index contributed by atoms with van der Waals surface area (Å²) in [6, 6.07) is 10.8. The number of carbonyl (C=O) groups excluding carboxylic acids is 1. The number of hydrogen-bond acceptors (Lipinski definition) is 4. The minimum Gasteiger partial charge on any atom is -0.331 e. The summed E-state index contributed by atoms with van der Waals surface area (Å²) in [5.41, 5.74) is 1.94. The van der Waals surface area contributed by atoms with Gasteiger partial charge in [-0.1, -0.05) is 30.3 Å². The van der Waals surface area contributed by atoms with Gasteiger partial charge in [-0.15, -0.1) is 36.2 Å². The lowest BCUT2D eigenvalue weighted by molar-refractivity contribution is 0.0684. The van der Waals surface area contributed by atoms with Crippen molar-refractivity contribution in [2.75, 3.05) is 13.1 Å². The van der Waals surface area contributed by atoms with Gasteiger partial charge in [-0.2, -0.15) is 0 Å². The lowest BCUT2D eigenvalue weighted by atomic mass is 10.1. The SMILES string of the molecule is Cc1nc(-c2ccccc2)sc1C(=O)N1C2CCNCC1CC2.Cl.Cl. The molecular weight excluding hydrogens is 377 g/mol. The molecule has 136 valence electrons. The van der Waals surface area contributed by atoms with Crippen molar-refractivity contribution in [1.29, 1.82) is 0 Å². The summed E-state index contributed by atoms with van der Waals surface area (Å²) in [6.07, 6.45) is 3.32. The smallest absolute Gasteiger partial charge is 0.266 e. The van der Waals surface area contributed by atoms with E-state index in [4.69, 9.17) is 0 Å². The molecule has 1 aromatic carbocycles. The van der Waals surface area contributed by atoms with Crippen molar-refractivity contribution in [2.24, 2.45) is 0 Å². The number of hydrogen-bond donors (Lipinski definition) is 1. The highest BCUT2D eigenvalue weighted by Crippen LogP contribution is 2.34. The fraction of sp³-hybridized carbons (Fsp3) is 0.444. The first kappa shape index (κ1) is 20.2. The van der Waals surface area contributed by atoms with Crippen LogP contribution in [0.2, 0.25) is 0 Å². The Morgan fingerprint density at radius 2 is 1.88 bits per heavy atom. The Morgan fingerprint density at radius 3 is 2.64 bits per heavy atom. The Labute approximate surface area is 164 Å². The molecular formula is C18H23Cl2N3OS. The Hall–Kier alpha value is -1.14. The van der Waals surface area contributed by atoms with E-state index in [1.807, 2.05) is 37.3 Å². The third-order valence-corrected chi connectivity index (χ3v) is 6.09. The molecule has 2 aliphatic heterocycles. The van der Waals surface area contributed by atoms with E-state index >= 15 is 0 Å². The molecule has 2 aliphatic rings. The van der Waals surface area contributed by atoms with Crippen LogP contribution in [0.4, 0.5) is 0 Å². The zero-order valence-electron chi connectivity index (χ0n) is 14.1. The van der Waals surface area contributed by atoms with Crippen molar-refractivity contribution in [3.63, 3.8) is 0 Å². The van der Waals surface area contributed by atoms with Gasteiger partial charge in [0.2, 0.25) is 0 Å². The summed E-state index contributed by atoms with van der Waals surface area (Å²) in [4.78, 5) is 20.7. The Balaban J connectivity index is 0.00000113. The van der Waals surface area contributed by atoms with Gasteiger partial charge in [-0.25, -0.2) is 4.98 Å². The number of amides is 1. The zero-order chi connectivity index (χ0) is 15.8. The molecule has 0 spiro atoms. The summed E-state index contributed by atoms with van der Waals surface area (Å²) in [5, 5.41) is 4.39. The maximum Gasteiger partial charge on any atom is 0.266 e. The van der Waals surface area contributed by atoms with Crippen LogP contribution < -0.4 is 5.32 Å². The number of benzene rings is 1. The first-order chi connectivity index (χ1) is 11.2. The van der Waals surface area contributed by atoms with Gasteiger partial charge in [0.15, 0.2) is 0 Å². The number of rotatable bonds is 2. The number of thiazole rings is 1. The summed E-state index contributed by atoms with van der Waals surface area (Å²) in [5.74, 6) is 0.179. The normalized spacial score (nSPS) is 21.9. The number of aromatic nitrogens is 1. The number of halogens is 2. The fourth-order valence-corrected chi connectivity index (χ4v) is 4.75. The molecule has 2 unspecified atom stereocenters. The minimum absolute atomic E-state index is 0. The van der Waals surface area contributed by atoms with Crippen molar-refractivity contribution in [3.05, 3.63) is 40.9 Å².